The van der Waals surface area contributed by atoms with Crippen LogP contribution in [0.25, 0.3) is 0 Å². The van der Waals surface area contributed by atoms with Crippen molar-refractivity contribution < 1.29 is 5.21 Å². The molecule has 1 saturated heterocycles. The van der Waals surface area contributed by atoms with E-state index in [0.717, 1.165) is 24.2 Å². The standard InChI is InChI=1S/C14H20ClN3O/c1-2-11-5-3-4-8-18(11)13-9-10(15)6-7-12(13)14(16)17-19/h6-7,9,11,19H,2-5,8H2,1H3,(H2,16,17). The summed E-state index contributed by atoms with van der Waals surface area (Å²) < 4.78 is 0. The smallest absolute Gasteiger partial charge is 0.172 e. The van der Waals surface area contributed by atoms with Crippen molar-refractivity contribution in [2.45, 2.75) is 38.6 Å². The number of rotatable bonds is 3. The summed E-state index contributed by atoms with van der Waals surface area (Å²) in [6.45, 7) is 3.18. The number of hydrogen-bond acceptors (Lipinski definition) is 3. The van der Waals surface area contributed by atoms with Crippen LogP contribution < -0.4 is 10.6 Å². The molecule has 104 valence electrons. The summed E-state index contributed by atoms with van der Waals surface area (Å²) in [5.74, 6) is 0.132. The molecular weight excluding hydrogens is 262 g/mol. The molecular formula is C14H20ClN3O. The van der Waals surface area contributed by atoms with Crippen molar-refractivity contribution >= 4 is 23.1 Å². The number of nitrogens with zero attached hydrogens (tertiary/aromatic N) is 2. The second-order valence-corrected chi connectivity index (χ2v) is 5.33. The van der Waals surface area contributed by atoms with Crippen LogP contribution in [0.1, 0.15) is 38.2 Å². The first-order valence-corrected chi connectivity index (χ1v) is 7.09. The molecule has 4 nitrogen and oxygen atoms in total. The molecule has 1 aliphatic heterocycles. The second kappa shape index (κ2) is 6.15. The molecule has 0 aliphatic carbocycles. The summed E-state index contributed by atoms with van der Waals surface area (Å²) in [7, 11) is 0. The third-order valence-electron chi connectivity index (χ3n) is 3.75. The summed E-state index contributed by atoms with van der Waals surface area (Å²) in [6.07, 6.45) is 4.69. The highest BCUT2D eigenvalue weighted by Crippen LogP contribution is 2.31. The molecule has 19 heavy (non-hydrogen) atoms. The van der Waals surface area contributed by atoms with Crippen molar-refractivity contribution in [2.24, 2.45) is 10.9 Å². The van der Waals surface area contributed by atoms with Gasteiger partial charge in [0, 0.05) is 28.9 Å². The first-order chi connectivity index (χ1) is 9.17. The summed E-state index contributed by atoms with van der Waals surface area (Å²) in [6, 6.07) is 5.98. The fourth-order valence-corrected chi connectivity index (χ4v) is 2.92. The first-order valence-electron chi connectivity index (χ1n) is 6.71. The molecule has 0 spiro atoms. The first kappa shape index (κ1) is 14.0. The van der Waals surface area contributed by atoms with Crippen molar-refractivity contribution in [3.05, 3.63) is 28.8 Å². The van der Waals surface area contributed by atoms with E-state index in [1.165, 1.54) is 19.3 Å². The van der Waals surface area contributed by atoms with Gasteiger partial charge in [-0.25, -0.2) is 0 Å². The van der Waals surface area contributed by atoms with Crippen LogP contribution in [0.5, 0.6) is 0 Å². The van der Waals surface area contributed by atoms with Crippen LogP contribution in [-0.2, 0) is 0 Å². The molecule has 1 unspecified atom stereocenters. The van der Waals surface area contributed by atoms with E-state index in [1.807, 2.05) is 12.1 Å². The Labute approximate surface area is 118 Å². The molecule has 1 heterocycles. The van der Waals surface area contributed by atoms with Gasteiger partial charge in [0.1, 0.15) is 0 Å². The molecule has 0 radical (unpaired) electrons. The predicted molar refractivity (Wildman–Crippen MR) is 79.2 cm³/mol. The van der Waals surface area contributed by atoms with Crippen LogP contribution in [0.4, 0.5) is 5.69 Å². The fourth-order valence-electron chi connectivity index (χ4n) is 2.76. The fraction of sp³-hybridized carbons (Fsp3) is 0.500. The van der Waals surface area contributed by atoms with Gasteiger partial charge in [0.2, 0.25) is 0 Å². The van der Waals surface area contributed by atoms with Crippen LogP contribution in [0.15, 0.2) is 23.4 Å². The number of benzene rings is 1. The summed E-state index contributed by atoms with van der Waals surface area (Å²) >= 11 is 6.10. The Morgan fingerprint density at radius 2 is 2.32 bits per heavy atom. The monoisotopic (exact) mass is 281 g/mol. The third kappa shape index (κ3) is 2.95. The van der Waals surface area contributed by atoms with Crippen molar-refractivity contribution in [3.8, 4) is 0 Å². The van der Waals surface area contributed by atoms with Crippen LogP contribution in [0, 0.1) is 0 Å². The Kier molecular flexibility index (Phi) is 4.53. The molecule has 3 N–H and O–H groups in total. The SMILES string of the molecule is CCC1CCCCN1c1cc(Cl)ccc1/C(N)=N/O. The van der Waals surface area contributed by atoms with Crippen LogP contribution >= 0.6 is 11.6 Å². The number of amidine groups is 1. The van der Waals surface area contributed by atoms with Crippen LogP contribution in [0.3, 0.4) is 0 Å². The normalized spacial score (nSPS) is 20.6. The lowest BCUT2D eigenvalue weighted by atomic mass is 9.97. The molecule has 1 aromatic rings. The Hall–Kier alpha value is -1.42. The highest BCUT2D eigenvalue weighted by atomic mass is 35.5. The summed E-state index contributed by atoms with van der Waals surface area (Å²) in [5, 5.41) is 12.7. The summed E-state index contributed by atoms with van der Waals surface area (Å²) in [4.78, 5) is 2.34. The third-order valence-corrected chi connectivity index (χ3v) is 3.99. The minimum atomic E-state index is 0.132. The quantitative estimate of drug-likeness (QED) is 0.387. The molecule has 1 aromatic carbocycles. The average molecular weight is 282 g/mol. The number of piperidine rings is 1. The molecule has 1 aliphatic rings. The maximum absolute atomic E-state index is 8.91. The van der Waals surface area contributed by atoms with Crippen LogP contribution in [-0.4, -0.2) is 23.6 Å². The van der Waals surface area contributed by atoms with Gasteiger partial charge in [0.05, 0.1) is 0 Å². The predicted octanol–water partition coefficient (Wildman–Crippen LogP) is 3.20. The highest BCUT2D eigenvalue weighted by Gasteiger charge is 2.24. The number of nitrogens with two attached hydrogens (primary N) is 1. The van der Waals surface area contributed by atoms with Crippen molar-refractivity contribution in [1.29, 1.82) is 0 Å². The highest BCUT2D eigenvalue weighted by molar-refractivity contribution is 6.31. The van der Waals surface area contributed by atoms with Gasteiger partial charge < -0.3 is 15.8 Å². The molecule has 0 bridgehead atoms. The molecule has 1 fully saturated rings. The Bertz CT molecular complexity index is 476. The maximum Gasteiger partial charge on any atom is 0.172 e. The number of hydrogen-bond donors (Lipinski definition) is 2. The Balaban J connectivity index is 2.44. The average Bonchev–Trinajstić information content (AvgIpc) is 2.46. The van der Waals surface area contributed by atoms with Crippen molar-refractivity contribution in [2.75, 3.05) is 11.4 Å². The molecule has 5 heteroatoms. The van der Waals surface area contributed by atoms with Gasteiger partial charge in [-0.15, -0.1) is 0 Å². The van der Waals surface area contributed by atoms with E-state index in [1.54, 1.807) is 6.07 Å². The van der Waals surface area contributed by atoms with E-state index in [0.29, 0.717) is 11.1 Å². The minimum absolute atomic E-state index is 0.132. The van der Waals surface area contributed by atoms with E-state index < -0.39 is 0 Å². The van der Waals surface area contributed by atoms with E-state index in [9.17, 15) is 0 Å². The van der Waals surface area contributed by atoms with Gasteiger partial charge >= 0.3 is 0 Å². The van der Waals surface area contributed by atoms with E-state index >= 15 is 0 Å². The molecule has 1 atom stereocenters. The van der Waals surface area contributed by atoms with Gasteiger partial charge in [-0.3, -0.25) is 0 Å². The van der Waals surface area contributed by atoms with Crippen LogP contribution in [0.2, 0.25) is 5.02 Å². The minimum Gasteiger partial charge on any atom is -0.409 e. The maximum atomic E-state index is 8.91. The molecule has 2 rings (SSSR count). The van der Waals surface area contributed by atoms with Crippen molar-refractivity contribution in [1.82, 2.24) is 0 Å². The Morgan fingerprint density at radius 1 is 1.53 bits per heavy atom. The zero-order chi connectivity index (χ0) is 13.8. The van der Waals surface area contributed by atoms with Gasteiger partial charge in [0.25, 0.3) is 0 Å². The van der Waals surface area contributed by atoms with Gasteiger partial charge in [-0.1, -0.05) is 23.7 Å². The zero-order valence-corrected chi connectivity index (χ0v) is 11.9. The lowest BCUT2D eigenvalue weighted by Gasteiger charge is -2.38. The molecule has 0 saturated carbocycles. The number of anilines is 1. The second-order valence-electron chi connectivity index (χ2n) is 4.90. The largest absolute Gasteiger partial charge is 0.409 e. The lowest BCUT2D eigenvalue weighted by Crippen LogP contribution is -2.40. The molecule has 0 amide bonds. The lowest BCUT2D eigenvalue weighted by molar-refractivity contribution is 0.318. The summed E-state index contributed by atoms with van der Waals surface area (Å²) in [5.41, 5.74) is 7.48. The number of oxime groups is 1. The Morgan fingerprint density at radius 3 is 3.00 bits per heavy atom. The molecule has 0 aromatic heterocycles. The topological polar surface area (TPSA) is 61.8 Å². The van der Waals surface area contributed by atoms with E-state index in [2.05, 4.69) is 17.0 Å². The van der Waals surface area contributed by atoms with Crippen molar-refractivity contribution in [3.63, 3.8) is 0 Å². The van der Waals surface area contributed by atoms with E-state index in [4.69, 9.17) is 22.5 Å². The number of halogens is 1. The zero-order valence-electron chi connectivity index (χ0n) is 11.1. The van der Waals surface area contributed by atoms with Gasteiger partial charge in [-0.2, -0.15) is 0 Å². The van der Waals surface area contributed by atoms with Gasteiger partial charge in [-0.05, 0) is 43.9 Å². The van der Waals surface area contributed by atoms with Gasteiger partial charge in [0.15, 0.2) is 5.84 Å². The van der Waals surface area contributed by atoms with E-state index in [-0.39, 0.29) is 5.84 Å².